The summed E-state index contributed by atoms with van der Waals surface area (Å²) in [6, 6.07) is 8.39. The average molecular weight is 311 g/mol. The van der Waals surface area contributed by atoms with Crippen molar-refractivity contribution >= 4 is 18.3 Å². The van der Waals surface area contributed by atoms with Gasteiger partial charge in [-0.15, -0.1) is 12.4 Å². The van der Waals surface area contributed by atoms with Crippen LogP contribution in [0, 0.1) is 12.8 Å². The SMILES string of the molecule is Cc1ccccc1CC(C)(C)NC(=O)C1CCNCC1.Cl. The number of halogens is 1. The Morgan fingerprint density at radius 2 is 1.90 bits per heavy atom. The first-order chi connectivity index (χ1) is 9.48. The molecule has 1 heterocycles. The molecule has 1 amide bonds. The fourth-order valence-corrected chi connectivity index (χ4v) is 2.85. The maximum Gasteiger partial charge on any atom is 0.223 e. The molecule has 0 spiro atoms. The number of hydrogen-bond acceptors (Lipinski definition) is 2. The van der Waals surface area contributed by atoms with Crippen molar-refractivity contribution in [1.29, 1.82) is 0 Å². The van der Waals surface area contributed by atoms with Crippen molar-refractivity contribution in [2.75, 3.05) is 13.1 Å². The molecule has 1 aromatic carbocycles. The zero-order chi connectivity index (χ0) is 14.6. The molecular weight excluding hydrogens is 284 g/mol. The van der Waals surface area contributed by atoms with Crippen molar-refractivity contribution in [1.82, 2.24) is 10.6 Å². The van der Waals surface area contributed by atoms with E-state index in [0.717, 1.165) is 32.4 Å². The van der Waals surface area contributed by atoms with Crippen LogP contribution in [0.5, 0.6) is 0 Å². The van der Waals surface area contributed by atoms with E-state index in [4.69, 9.17) is 0 Å². The maximum atomic E-state index is 12.3. The van der Waals surface area contributed by atoms with Gasteiger partial charge in [0, 0.05) is 11.5 Å². The van der Waals surface area contributed by atoms with Crippen LogP contribution in [0.1, 0.15) is 37.8 Å². The van der Waals surface area contributed by atoms with E-state index in [1.807, 2.05) is 0 Å². The number of benzene rings is 1. The van der Waals surface area contributed by atoms with Gasteiger partial charge in [0.05, 0.1) is 0 Å². The molecule has 1 aliphatic rings. The van der Waals surface area contributed by atoms with Crippen molar-refractivity contribution < 1.29 is 4.79 Å². The molecule has 0 radical (unpaired) electrons. The summed E-state index contributed by atoms with van der Waals surface area (Å²) in [5.41, 5.74) is 2.40. The van der Waals surface area contributed by atoms with Gasteiger partial charge in [0.25, 0.3) is 0 Å². The largest absolute Gasteiger partial charge is 0.351 e. The third-order valence-electron chi connectivity index (χ3n) is 4.07. The van der Waals surface area contributed by atoms with Gasteiger partial charge in [-0.05, 0) is 64.3 Å². The van der Waals surface area contributed by atoms with Crippen molar-refractivity contribution in [2.45, 2.75) is 45.6 Å². The highest BCUT2D eigenvalue weighted by Gasteiger charge is 2.27. The Bertz CT molecular complexity index is 468. The Labute approximate surface area is 134 Å². The van der Waals surface area contributed by atoms with Gasteiger partial charge in [-0.25, -0.2) is 0 Å². The van der Waals surface area contributed by atoms with Crippen LogP contribution in [0.25, 0.3) is 0 Å². The predicted molar refractivity (Wildman–Crippen MR) is 89.9 cm³/mol. The van der Waals surface area contributed by atoms with Crippen molar-refractivity contribution in [3.8, 4) is 0 Å². The molecule has 21 heavy (non-hydrogen) atoms. The van der Waals surface area contributed by atoms with E-state index in [1.165, 1.54) is 11.1 Å². The predicted octanol–water partition coefficient (Wildman–Crippen LogP) is 2.85. The molecule has 3 nitrogen and oxygen atoms in total. The third kappa shape index (κ3) is 5.33. The van der Waals surface area contributed by atoms with E-state index in [2.05, 4.69) is 55.7 Å². The van der Waals surface area contributed by atoms with E-state index in [0.29, 0.717) is 0 Å². The summed E-state index contributed by atoms with van der Waals surface area (Å²) in [6.45, 7) is 8.25. The summed E-state index contributed by atoms with van der Waals surface area (Å²) in [5, 5.41) is 6.53. The number of piperidine rings is 1. The fourth-order valence-electron chi connectivity index (χ4n) is 2.85. The molecule has 1 aromatic rings. The van der Waals surface area contributed by atoms with E-state index < -0.39 is 0 Å². The molecule has 1 aliphatic heterocycles. The lowest BCUT2D eigenvalue weighted by Gasteiger charge is -2.31. The van der Waals surface area contributed by atoms with Crippen LogP contribution >= 0.6 is 12.4 Å². The second kappa shape index (κ2) is 7.81. The van der Waals surface area contributed by atoms with Crippen LogP contribution in [0.15, 0.2) is 24.3 Å². The number of carbonyl (C=O) groups excluding carboxylic acids is 1. The van der Waals surface area contributed by atoms with Crippen LogP contribution < -0.4 is 10.6 Å². The first-order valence-electron chi connectivity index (χ1n) is 7.55. The van der Waals surface area contributed by atoms with Gasteiger partial charge in [-0.2, -0.15) is 0 Å². The Hall–Kier alpha value is -1.06. The van der Waals surface area contributed by atoms with E-state index in [-0.39, 0.29) is 29.8 Å². The molecule has 1 fully saturated rings. The lowest BCUT2D eigenvalue weighted by atomic mass is 9.90. The molecule has 4 heteroatoms. The lowest BCUT2D eigenvalue weighted by Crippen LogP contribution is -2.49. The molecule has 118 valence electrons. The van der Waals surface area contributed by atoms with Crippen LogP contribution in [-0.2, 0) is 11.2 Å². The fraction of sp³-hybridized carbons (Fsp3) is 0.588. The van der Waals surface area contributed by atoms with Gasteiger partial charge in [0.15, 0.2) is 0 Å². The highest BCUT2D eigenvalue weighted by atomic mass is 35.5. The Morgan fingerprint density at radius 3 is 2.52 bits per heavy atom. The highest BCUT2D eigenvalue weighted by Crippen LogP contribution is 2.18. The quantitative estimate of drug-likeness (QED) is 0.898. The minimum absolute atomic E-state index is 0. The van der Waals surface area contributed by atoms with E-state index in [9.17, 15) is 4.79 Å². The number of rotatable bonds is 4. The molecule has 0 bridgehead atoms. The summed E-state index contributed by atoms with van der Waals surface area (Å²) >= 11 is 0. The summed E-state index contributed by atoms with van der Waals surface area (Å²) < 4.78 is 0. The molecule has 0 atom stereocenters. The second-order valence-corrected chi connectivity index (χ2v) is 6.50. The van der Waals surface area contributed by atoms with Crippen molar-refractivity contribution in [2.24, 2.45) is 5.92 Å². The highest BCUT2D eigenvalue weighted by molar-refractivity contribution is 5.85. The third-order valence-corrected chi connectivity index (χ3v) is 4.07. The van der Waals surface area contributed by atoms with E-state index in [1.54, 1.807) is 0 Å². The summed E-state index contributed by atoms with van der Waals surface area (Å²) in [5.74, 6) is 0.387. The van der Waals surface area contributed by atoms with Gasteiger partial charge < -0.3 is 10.6 Å². The molecule has 0 aromatic heterocycles. The average Bonchev–Trinajstić information content (AvgIpc) is 2.41. The van der Waals surface area contributed by atoms with Crippen molar-refractivity contribution in [3.05, 3.63) is 35.4 Å². The molecule has 0 aliphatic carbocycles. The minimum Gasteiger partial charge on any atom is -0.351 e. The topological polar surface area (TPSA) is 41.1 Å². The molecule has 0 saturated carbocycles. The second-order valence-electron chi connectivity index (χ2n) is 6.50. The first kappa shape index (κ1) is 18.0. The molecule has 2 rings (SSSR count). The van der Waals surface area contributed by atoms with Crippen LogP contribution in [0.4, 0.5) is 0 Å². The Balaban J connectivity index is 0.00000220. The number of amides is 1. The summed E-state index contributed by atoms with van der Waals surface area (Å²) in [6.07, 6.45) is 2.77. The van der Waals surface area contributed by atoms with E-state index >= 15 is 0 Å². The maximum absolute atomic E-state index is 12.3. The zero-order valence-corrected chi connectivity index (χ0v) is 14.1. The normalized spacial score (nSPS) is 16.1. The number of aryl methyl sites for hydroxylation is 1. The smallest absolute Gasteiger partial charge is 0.223 e. The lowest BCUT2D eigenvalue weighted by molar-refractivity contribution is -0.127. The van der Waals surface area contributed by atoms with Gasteiger partial charge in [-0.1, -0.05) is 24.3 Å². The number of nitrogens with one attached hydrogen (secondary N) is 2. The monoisotopic (exact) mass is 310 g/mol. The van der Waals surface area contributed by atoms with Crippen molar-refractivity contribution in [3.63, 3.8) is 0 Å². The number of hydrogen-bond donors (Lipinski definition) is 2. The Morgan fingerprint density at radius 1 is 1.29 bits per heavy atom. The van der Waals surface area contributed by atoms with Gasteiger partial charge in [0.1, 0.15) is 0 Å². The van der Waals surface area contributed by atoms with Crippen LogP contribution in [-0.4, -0.2) is 24.5 Å². The van der Waals surface area contributed by atoms with Gasteiger partial charge in [-0.3, -0.25) is 4.79 Å². The number of carbonyl (C=O) groups is 1. The Kier molecular flexibility index (Phi) is 6.69. The van der Waals surface area contributed by atoms with Crippen LogP contribution in [0.2, 0.25) is 0 Å². The molecule has 1 saturated heterocycles. The standard InChI is InChI=1S/C17H26N2O.ClH/c1-13-6-4-5-7-15(13)12-17(2,3)19-16(20)14-8-10-18-11-9-14;/h4-7,14,18H,8-12H2,1-3H3,(H,19,20);1H. The zero-order valence-electron chi connectivity index (χ0n) is 13.2. The molecule has 0 unspecified atom stereocenters. The summed E-state index contributed by atoms with van der Waals surface area (Å²) in [7, 11) is 0. The van der Waals surface area contributed by atoms with Gasteiger partial charge >= 0.3 is 0 Å². The minimum atomic E-state index is -0.200. The summed E-state index contributed by atoms with van der Waals surface area (Å²) in [4.78, 5) is 12.3. The van der Waals surface area contributed by atoms with Gasteiger partial charge in [0.2, 0.25) is 5.91 Å². The molecule has 2 N–H and O–H groups in total. The molecular formula is C17H27ClN2O. The van der Waals surface area contributed by atoms with Crippen LogP contribution in [0.3, 0.4) is 0 Å². The first-order valence-corrected chi connectivity index (χ1v) is 7.55.